The van der Waals surface area contributed by atoms with Gasteiger partial charge in [0.05, 0.1) is 6.61 Å². The van der Waals surface area contributed by atoms with Crippen molar-refractivity contribution < 1.29 is 10.2 Å². The molecule has 3 aromatic rings. The number of benzene rings is 3. The Bertz CT molecular complexity index is 716. The van der Waals surface area contributed by atoms with Crippen LogP contribution in [0.15, 0.2) is 72.8 Å². The number of rotatable bonds is 3. The van der Waals surface area contributed by atoms with Gasteiger partial charge >= 0.3 is 0 Å². The molecule has 0 aliphatic heterocycles. The van der Waals surface area contributed by atoms with E-state index < -0.39 is 5.60 Å². The molecule has 3 rings (SSSR count). The van der Waals surface area contributed by atoms with Gasteiger partial charge < -0.3 is 10.2 Å². The summed E-state index contributed by atoms with van der Waals surface area (Å²) >= 11 is 0. The molecule has 0 radical (unpaired) electrons. The lowest BCUT2D eigenvalue weighted by atomic mass is 9.84. The Labute approximate surface area is 117 Å². The fourth-order valence-corrected chi connectivity index (χ4v) is 2.63. The van der Waals surface area contributed by atoms with Crippen molar-refractivity contribution in [3.8, 4) is 0 Å². The van der Waals surface area contributed by atoms with Crippen LogP contribution in [-0.4, -0.2) is 16.8 Å². The highest BCUT2D eigenvalue weighted by molar-refractivity contribution is 5.87. The van der Waals surface area contributed by atoms with Crippen molar-refractivity contribution in [1.29, 1.82) is 0 Å². The first-order valence-corrected chi connectivity index (χ1v) is 6.63. The molecule has 1 atom stereocenters. The second-order valence-electron chi connectivity index (χ2n) is 4.91. The van der Waals surface area contributed by atoms with Crippen LogP contribution in [0.3, 0.4) is 0 Å². The standard InChI is InChI=1S/C18H16O2/c19-13-18(20,15-9-2-1-3-10-15)17-12-6-8-14-7-4-5-11-16(14)17/h1-12,19-20H,13H2. The Morgan fingerprint density at radius 3 is 2.15 bits per heavy atom. The molecule has 2 heteroatoms. The quantitative estimate of drug-likeness (QED) is 0.763. The van der Waals surface area contributed by atoms with E-state index in [-0.39, 0.29) is 6.61 Å². The van der Waals surface area contributed by atoms with Crippen molar-refractivity contribution >= 4 is 10.8 Å². The lowest BCUT2D eigenvalue weighted by molar-refractivity contribution is 0.0185. The Morgan fingerprint density at radius 2 is 1.40 bits per heavy atom. The van der Waals surface area contributed by atoms with E-state index in [1.165, 1.54) is 0 Å². The Hall–Kier alpha value is -2.16. The van der Waals surface area contributed by atoms with Gasteiger partial charge in [-0.15, -0.1) is 0 Å². The molecule has 20 heavy (non-hydrogen) atoms. The second-order valence-corrected chi connectivity index (χ2v) is 4.91. The number of hydrogen-bond acceptors (Lipinski definition) is 2. The average Bonchev–Trinajstić information content (AvgIpc) is 2.54. The van der Waals surface area contributed by atoms with Crippen LogP contribution in [0.1, 0.15) is 11.1 Å². The lowest BCUT2D eigenvalue weighted by Gasteiger charge is -2.28. The topological polar surface area (TPSA) is 40.5 Å². The van der Waals surface area contributed by atoms with Crippen molar-refractivity contribution in [3.63, 3.8) is 0 Å². The molecule has 0 aliphatic rings. The Kier molecular flexibility index (Phi) is 3.26. The third-order valence-corrected chi connectivity index (χ3v) is 3.72. The Morgan fingerprint density at radius 1 is 0.750 bits per heavy atom. The van der Waals surface area contributed by atoms with Gasteiger partial charge in [-0.1, -0.05) is 72.8 Å². The van der Waals surface area contributed by atoms with Crippen LogP contribution in [0.4, 0.5) is 0 Å². The fraction of sp³-hybridized carbons (Fsp3) is 0.111. The van der Waals surface area contributed by atoms with E-state index in [1.807, 2.05) is 72.8 Å². The molecule has 0 spiro atoms. The van der Waals surface area contributed by atoms with Crippen LogP contribution in [0.25, 0.3) is 10.8 Å². The van der Waals surface area contributed by atoms with Crippen LogP contribution >= 0.6 is 0 Å². The van der Waals surface area contributed by atoms with Gasteiger partial charge in [0.1, 0.15) is 5.60 Å². The maximum absolute atomic E-state index is 11.0. The minimum absolute atomic E-state index is 0.356. The molecule has 2 nitrogen and oxygen atoms in total. The van der Waals surface area contributed by atoms with E-state index in [0.717, 1.165) is 16.3 Å². The molecule has 0 aliphatic carbocycles. The molecule has 2 N–H and O–H groups in total. The first-order valence-electron chi connectivity index (χ1n) is 6.63. The van der Waals surface area contributed by atoms with Crippen LogP contribution in [0, 0.1) is 0 Å². The van der Waals surface area contributed by atoms with Gasteiger partial charge in [0.2, 0.25) is 0 Å². The van der Waals surface area contributed by atoms with E-state index in [0.29, 0.717) is 5.56 Å². The zero-order chi connectivity index (χ0) is 14.0. The molecule has 100 valence electrons. The first-order chi connectivity index (χ1) is 9.75. The zero-order valence-electron chi connectivity index (χ0n) is 11.0. The summed E-state index contributed by atoms with van der Waals surface area (Å²) in [7, 11) is 0. The van der Waals surface area contributed by atoms with E-state index in [4.69, 9.17) is 0 Å². The summed E-state index contributed by atoms with van der Waals surface area (Å²) in [5, 5.41) is 22.8. The SMILES string of the molecule is OCC(O)(c1ccccc1)c1cccc2ccccc12. The molecule has 0 saturated carbocycles. The third-order valence-electron chi connectivity index (χ3n) is 3.72. The van der Waals surface area contributed by atoms with Crippen molar-refractivity contribution in [2.24, 2.45) is 0 Å². The normalized spacial score (nSPS) is 14.1. The van der Waals surface area contributed by atoms with Crippen molar-refractivity contribution in [3.05, 3.63) is 83.9 Å². The van der Waals surface area contributed by atoms with Crippen LogP contribution in [-0.2, 0) is 5.60 Å². The highest BCUT2D eigenvalue weighted by Gasteiger charge is 2.32. The molecular formula is C18H16O2. The molecule has 0 bridgehead atoms. The molecule has 0 aromatic heterocycles. The monoisotopic (exact) mass is 264 g/mol. The van der Waals surface area contributed by atoms with Crippen LogP contribution < -0.4 is 0 Å². The minimum Gasteiger partial charge on any atom is -0.393 e. The maximum atomic E-state index is 11.0. The zero-order valence-corrected chi connectivity index (χ0v) is 11.0. The fourth-order valence-electron chi connectivity index (χ4n) is 2.63. The van der Waals surface area contributed by atoms with Gasteiger partial charge in [-0.05, 0) is 21.9 Å². The number of aliphatic hydroxyl groups excluding tert-OH is 1. The third kappa shape index (κ3) is 1.99. The molecule has 1 unspecified atom stereocenters. The highest BCUT2D eigenvalue weighted by atomic mass is 16.3. The van der Waals surface area contributed by atoms with E-state index in [2.05, 4.69) is 0 Å². The largest absolute Gasteiger partial charge is 0.393 e. The minimum atomic E-state index is -1.39. The van der Waals surface area contributed by atoms with Gasteiger partial charge in [0, 0.05) is 0 Å². The van der Waals surface area contributed by atoms with Gasteiger partial charge in [-0.3, -0.25) is 0 Å². The lowest BCUT2D eigenvalue weighted by Crippen LogP contribution is -2.31. The molecule has 0 heterocycles. The van der Waals surface area contributed by atoms with Crippen LogP contribution in [0.2, 0.25) is 0 Å². The summed E-state index contributed by atoms with van der Waals surface area (Å²) in [6, 6.07) is 22.9. The van der Waals surface area contributed by atoms with E-state index >= 15 is 0 Å². The predicted octanol–water partition coefficient (Wildman–Crippen LogP) is 3.07. The van der Waals surface area contributed by atoms with Gasteiger partial charge in [0.25, 0.3) is 0 Å². The maximum Gasteiger partial charge on any atom is 0.138 e. The summed E-state index contributed by atoms with van der Waals surface area (Å²) in [4.78, 5) is 0. The van der Waals surface area contributed by atoms with Crippen molar-refractivity contribution in [2.45, 2.75) is 5.60 Å². The van der Waals surface area contributed by atoms with Crippen molar-refractivity contribution in [2.75, 3.05) is 6.61 Å². The van der Waals surface area contributed by atoms with Crippen LogP contribution in [0.5, 0.6) is 0 Å². The van der Waals surface area contributed by atoms with E-state index in [1.54, 1.807) is 0 Å². The number of aliphatic hydroxyl groups is 2. The van der Waals surface area contributed by atoms with Gasteiger partial charge in [0.15, 0.2) is 0 Å². The molecule has 3 aromatic carbocycles. The number of fused-ring (bicyclic) bond motifs is 1. The summed E-state index contributed by atoms with van der Waals surface area (Å²) in [5.74, 6) is 0. The van der Waals surface area contributed by atoms with Crippen molar-refractivity contribution in [1.82, 2.24) is 0 Å². The summed E-state index contributed by atoms with van der Waals surface area (Å²) in [5.41, 5.74) is 0.0328. The summed E-state index contributed by atoms with van der Waals surface area (Å²) in [6.07, 6.45) is 0. The first kappa shape index (κ1) is 12.9. The molecule has 0 amide bonds. The molecule has 0 fully saturated rings. The van der Waals surface area contributed by atoms with E-state index in [9.17, 15) is 10.2 Å². The smallest absolute Gasteiger partial charge is 0.138 e. The number of hydrogen-bond donors (Lipinski definition) is 2. The predicted molar refractivity (Wildman–Crippen MR) is 80.5 cm³/mol. The second kappa shape index (κ2) is 5.08. The van der Waals surface area contributed by atoms with Gasteiger partial charge in [-0.25, -0.2) is 0 Å². The Balaban J connectivity index is 2.27. The molecular weight excluding hydrogens is 248 g/mol. The average molecular weight is 264 g/mol. The van der Waals surface area contributed by atoms with Gasteiger partial charge in [-0.2, -0.15) is 0 Å². The summed E-state index contributed by atoms with van der Waals surface area (Å²) < 4.78 is 0. The molecule has 0 saturated heterocycles. The summed E-state index contributed by atoms with van der Waals surface area (Å²) in [6.45, 7) is -0.356. The highest BCUT2D eigenvalue weighted by Crippen LogP contribution is 2.34.